The number of carbonyl (C=O) groups excluding carboxylic acids is 2. The van der Waals surface area contributed by atoms with Gasteiger partial charge in [0.25, 0.3) is 11.5 Å². The van der Waals surface area contributed by atoms with E-state index in [-0.39, 0.29) is 24.2 Å². The highest BCUT2D eigenvalue weighted by Gasteiger charge is 2.32. The van der Waals surface area contributed by atoms with Crippen molar-refractivity contribution in [3.63, 3.8) is 0 Å². The van der Waals surface area contributed by atoms with Gasteiger partial charge < -0.3 is 24.8 Å². The highest BCUT2D eigenvalue weighted by Crippen LogP contribution is 2.33. The molecular formula is C23H24N6O6. The molecule has 35 heavy (non-hydrogen) atoms. The van der Waals surface area contributed by atoms with Crippen molar-refractivity contribution in [3.8, 4) is 11.6 Å². The second-order valence-electron chi connectivity index (χ2n) is 8.14. The summed E-state index contributed by atoms with van der Waals surface area (Å²) in [5.41, 5.74) is 2.01. The van der Waals surface area contributed by atoms with Gasteiger partial charge in [-0.1, -0.05) is 0 Å². The van der Waals surface area contributed by atoms with Crippen LogP contribution in [0.5, 0.6) is 11.6 Å². The largest absolute Gasteiger partial charge is 0.482 e. The maximum Gasteiger partial charge on any atom is 0.414 e. The van der Waals surface area contributed by atoms with Gasteiger partial charge >= 0.3 is 6.09 Å². The molecule has 4 heterocycles. The maximum atomic E-state index is 12.4. The monoisotopic (exact) mass is 480 g/mol. The molecule has 2 aliphatic rings. The molecule has 1 saturated heterocycles. The first-order chi connectivity index (χ1) is 17.0. The van der Waals surface area contributed by atoms with Gasteiger partial charge in [-0.2, -0.15) is 4.98 Å². The van der Waals surface area contributed by atoms with Crippen LogP contribution in [0.1, 0.15) is 6.42 Å². The lowest BCUT2D eigenvalue weighted by molar-refractivity contribution is -0.118. The number of aryl methyl sites for hydroxylation is 1. The van der Waals surface area contributed by atoms with Gasteiger partial charge in [0.1, 0.15) is 17.4 Å². The Bertz CT molecular complexity index is 1340. The topological polar surface area (TPSA) is 137 Å². The Hall–Kier alpha value is -4.19. The standard InChI is InChI=1S/C23H24N6O6/c1-33-20-6-4-16-22(27-20)28(21(31)11-25-16)8-2-7-24-10-15-12-29(23(32)35-15)14-3-5-18-17(9-14)26-19(30)13-34-18/h3-6,9,11,15,24H,2,7-8,10,12-13H2,1H3,(H,26,30)/t15-/m1/s1. The van der Waals surface area contributed by atoms with E-state index in [0.717, 1.165) is 0 Å². The Morgan fingerprint density at radius 1 is 1.23 bits per heavy atom. The summed E-state index contributed by atoms with van der Waals surface area (Å²) < 4.78 is 17.6. The highest BCUT2D eigenvalue weighted by molar-refractivity contribution is 5.97. The Kier molecular flexibility index (Phi) is 6.19. The van der Waals surface area contributed by atoms with Crippen LogP contribution in [0.2, 0.25) is 0 Å². The second kappa shape index (κ2) is 9.58. The van der Waals surface area contributed by atoms with Crippen molar-refractivity contribution in [3.05, 3.63) is 46.9 Å². The SMILES string of the molecule is COc1ccc2ncc(=O)n(CCCNC[C@@H]3CN(c4ccc5c(c4)NC(=O)CO5)C(=O)O3)c2n1. The van der Waals surface area contributed by atoms with Crippen molar-refractivity contribution in [1.82, 2.24) is 19.9 Å². The number of amides is 2. The molecule has 2 aromatic heterocycles. The van der Waals surface area contributed by atoms with Gasteiger partial charge in [-0.05, 0) is 37.2 Å². The second-order valence-corrected chi connectivity index (χ2v) is 8.14. The molecule has 0 saturated carbocycles. The van der Waals surface area contributed by atoms with Crippen LogP contribution in [0, 0.1) is 0 Å². The lowest BCUT2D eigenvalue weighted by Crippen LogP contribution is -2.32. The summed E-state index contributed by atoms with van der Waals surface area (Å²) in [7, 11) is 1.52. The molecule has 0 radical (unpaired) electrons. The minimum Gasteiger partial charge on any atom is -0.482 e. The first-order valence-corrected chi connectivity index (χ1v) is 11.2. The number of aromatic nitrogens is 3. The summed E-state index contributed by atoms with van der Waals surface area (Å²) in [6, 6.07) is 8.64. The van der Waals surface area contributed by atoms with Gasteiger partial charge in [0.2, 0.25) is 5.88 Å². The summed E-state index contributed by atoms with van der Waals surface area (Å²) >= 11 is 0. The molecule has 5 rings (SSSR count). The molecule has 0 aliphatic carbocycles. The third-order valence-electron chi connectivity index (χ3n) is 5.76. The zero-order chi connectivity index (χ0) is 24.4. The number of rotatable bonds is 8. The summed E-state index contributed by atoms with van der Waals surface area (Å²) in [6.45, 7) is 1.87. The van der Waals surface area contributed by atoms with Crippen molar-refractivity contribution in [2.75, 3.05) is 43.6 Å². The average Bonchev–Trinajstić information content (AvgIpc) is 3.24. The first-order valence-electron chi connectivity index (χ1n) is 11.2. The van der Waals surface area contributed by atoms with E-state index in [2.05, 4.69) is 20.6 Å². The van der Waals surface area contributed by atoms with Crippen LogP contribution in [0.3, 0.4) is 0 Å². The summed E-state index contributed by atoms with van der Waals surface area (Å²) in [5, 5.41) is 6.02. The summed E-state index contributed by atoms with van der Waals surface area (Å²) in [6.07, 6.45) is 1.16. The van der Waals surface area contributed by atoms with Crippen LogP contribution in [-0.2, 0) is 16.1 Å². The van der Waals surface area contributed by atoms with E-state index in [1.165, 1.54) is 18.2 Å². The Morgan fingerprint density at radius 2 is 2.11 bits per heavy atom. The number of carbonyl (C=O) groups is 2. The van der Waals surface area contributed by atoms with Crippen LogP contribution < -0.4 is 30.6 Å². The van der Waals surface area contributed by atoms with Gasteiger partial charge in [0, 0.05) is 24.8 Å². The van der Waals surface area contributed by atoms with Crippen LogP contribution in [0.4, 0.5) is 16.2 Å². The zero-order valence-corrected chi connectivity index (χ0v) is 19.0. The van der Waals surface area contributed by atoms with E-state index in [1.54, 1.807) is 34.9 Å². The minimum absolute atomic E-state index is 0.0252. The number of pyridine rings is 1. The van der Waals surface area contributed by atoms with Gasteiger partial charge in [0.15, 0.2) is 12.3 Å². The van der Waals surface area contributed by atoms with E-state index in [1.807, 2.05) is 0 Å². The van der Waals surface area contributed by atoms with Crippen molar-refractivity contribution in [1.29, 1.82) is 0 Å². The smallest absolute Gasteiger partial charge is 0.414 e. The lowest BCUT2D eigenvalue weighted by Gasteiger charge is -2.20. The molecule has 12 nitrogen and oxygen atoms in total. The fraction of sp³-hybridized carbons (Fsp3) is 0.348. The number of cyclic esters (lactones) is 1. The van der Waals surface area contributed by atoms with Crippen molar-refractivity contribution in [2.24, 2.45) is 0 Å². The van der Waals surface area contributed by atoms with Crippen molar-refractivity contribution in [2.45, 2.75) is 19.1 Å². The number of nitrogens with one attached hydrogen (secondary N) is 2. The number of nitrogens with zero attached hydrogens (tertiary/aromatic N) is 4. The molecule has 2 aliphatic heterocycles. The molecule has 0 spiro atoms. The molecule has 12 heteroatoms. The molecule has 1 atom stereocenters. The lowest BCUT2D eigenvalue weighted by atomic mass is 10.2. The van der Waals surface area contributed by atoms with Crippen LogP contribution >= 0.6 is 0 Å². The zero-order valence-electron chi connectivity index (χ0n) is 19.0. The van der Waals surface area contributed by atoms with E-state index in [9.17, 15) is 14.4 Å². The highest BCUT2D eigenvalue weighted by atomic mass is 16.6. The van der Waals surface area contributed by atoms with Crippen LogP contribution in [-0.4, -0.2) is 66.0 Å². The number of anilines is 2. The van der Waals surface area contributed by atoms with Crippen molar-refractivity contribution >= 4 is 34.5 Å². The normalized spacial score (nSPS) is 17.1. The van der Waals surface area contributed by atoms with Gasteiger partial charge in [-0.3, -0.25) is 19.1 Å². The molecule has 0 unspecified atom stereocenters. The molecular weight excluding hydrogens is 456 g/mol. The fourth-order valence-corrected chi connectivity index (χ4v) is 4.05. The third-order valence-corrected chi connectivity index (χ3v) is 5.76. The molecule has 2 N–H and O–H groups in total. The molecule has 0 bridgehead atoms. The number of hydrogen-bond acceptors (Lipinski definition) is 9. The average molecular weight is 480 g/mol. The minimum atomic E-state index is -0.449. The Morgan fingerprint density at radius 3 is 2.97 bits per heavy atom. The Balaban J connectivity index is 1.14. The van der Waals surface area contributed by atoms with Gasteiger partial charge in [0.05, 0.1) is 25.5 Å². The molecule has 1 aromatic carbocycles. The summed E-state index contributed by atoms with van der Waals surface area (Å²) in [5.74, 6) is 0.740. The van der Waals surface area contributed by atoms with Crippen LogP contribution in [0.15, 0.2) is 41.3 Å². The number of ether oxygens (including phenoxy) is 3. The Labute approximate surface area is 199 Å². The van der Waals surface area contributed by atoms with Crippen LogP contribution in [0.25, 0.3) is 11.2 Å². The van der Waals surface area contributed by atoms with E-state index in [0.29, 0.717) is 66.8 Å². The molecule has 1 fully saturated rings. The van der Waals surface area contributed by atoms with Gasteiger partial charge in [-0.25, -0.2) is 9.78 Å². The predicted octanol–water partition coefficient (Wildman–Crippen LogP) is 1.14. The predicted molar refractivity (Wildman–Crippen MR) is 126 cm³/mol. The molecule has 182 valence electrons. The van der Waals surface area contributed by atoms with Crippen molar-refractivity contribution < 1.29 is 23.8 Å². The maximum absolute atomic E-state index is 12.4. The molecule has 3 aromatic rings. The third kappa shape index (κ3) is 4.73. The van der Waals surface area contributed by atoms with E-state index >= 15 is 0 Å². The summed E-state index contributed by atoms with van der Waals surface area (Å²) in [4.78, 5) is 46.3. The fourth-order valence-electron chi connectivity index (χ4n) is 4.05. The number of methoxy groups -OCH3 is 1. The van der Waals surface area contributed by atoms with E-state index < -0.39 is 6.09 Å². The van der Waals surface area contributed by atoms with Gasteiger partial charge in [-0.15, -0.1) is 0 Å². The molecule has 2 amide bonds. The number of hydrogen-bond donors (Lipinski definition) is 2. The number of benzene rings is 1. The first kappa shape index (κ1) is 22.6. The number of fused-ring (bicyclic) bond motifs is 2. The van der Waals surface area contributed by atoms with E-state index in [4.69, 9.17) is 14.2 Å². The quantitative estimate of drug-likeness (QED) is 0.455.